The van der Waals surface area contributed by atoms with Crippen LogP contribution in [0.5, 0.6) is 0 Å². The summed E-state index contributed by atoms with van der Waals surface area (Å²) in [4.78, 5) is 24.9. The van der Waals surface area contributed by atoms with Crippen molar-refractivity contribution in [3.05, 3.63) is 120 Å². The molecule has 4 rings (SSSR count). The Hall–Kier alpha value is -4.36. The highest BCUT2D eigenvalue weighted by atomic mass is 19.1. The molecule has 0 bridgehead atoms. The molecule has 0 fully saturated rings. The number of urea groups is 1. The fraction of sp³-hybridized carbons (Fsp3) is 0.161. The highest BCUT2D eigenvalue weighted by molar-refractivity contribution is 6.00. The summed E-state index contributed by atoms with van der Waals surface area (Å²) in [6.45, 7) is -0.0338. The summed E-state index contributed by atoms with van der Waals surface area (Å²) >= 11 is 0. The molecule has 0 aliphatic carbocycles. The molecule has 0 saturated carbocycles. The van der Waals surface area contributed by atoms with Crippen LogP contribution in [-0.2, 0) is 6.42 Å². The molecule has 0 radical (unpaired) electrons. The normalized spacial score (nSPS) is 11.6. The predicted octanol–water partition coefficient (Wildman–Crippen LogP) is 7.09. The molecule has 0 saturated heterocycles. The van der Waals surface area contributed by atoms with E-state index >= 15 is 0 Å². The topological polar surface area (TPSA) is 78.4 Å². The SMILES string of the molecule is O=C(Nc1ccc(-c2ccc(C(=O)CC(CO)CCc3ccccc3)cc2)cc1)Nc1ccc(F)cc1F. The summed E-state index contributed by atoms with van der Waals surface area (Å²) in [5.74, 6) is -1.70. The number of rotatable bonds is 10. The van der Waals surface area contributed by atoms with Crippen LogP contribution < -0.4 is 10.6 Å². The number of aliphatic hydroxyl groups is 1. The molecule has 7 heteroatoms. The largest absolute Gasteiger partial charge is 0.396 e. The first kappa shape index (κ1) is 26.7. The second-order valence-corrected chi connectivity index (χ2v) is 9.06. The van der Waals surface area contributed by atoms with Crippen LogP contribution in [0.3, 0.4) is 0 Å². The number of amides is 2. The zero-order valence-corrected chi connectivity index (χ0v) is 20.7. The van der Waals surface area contributed by atoms with E-state index in [1.54, 1.807) is 24.3 Å². The van der Waals surface area contributed by atoms with Gasteiger partial charge in [-0.05, 0) is 59.7 Å². The monoisotopic (exact) mass is 514 g/mol. The molecule has 1 atom stereocenters. The number of carbonyl (C=O) groups is 2. The zero-order chi connectivity index (χ0) is 26.9. The van der Waals surface area contributed by atoms with Crippen molar-refractivity contribution in [3.63, 3.8) is 0 Å². The van der Waals surface area contributed by atoms with Crippen molar-refractivity contribution in [1.82, 2.24) is 0 Å². The van der Waals surface area contributed by atoms with Gasteiger partial charge in [-0.2, -0.15) is 0 Å². The van der Waals surface area contributed by atoms with Gasteiger partial charge in [-0.3, -0.25) is 4.79 Å². The summed E-state index contributed by atoms with van der Waals surface area (Å²) in [5, 5.41) is 14.7. The van der Waals surface area contributed by atoms with E-state index in [1.807, 2.05) is 54.6 Å². The third kappa shape index (κ3) is 7.33. The Morgan fingerprint density at radius 3 is 2.08 bits per heavy atom. The van der Waals surface area contributed by atoms with E-state index in [4.69, 9.17) is 0 Å². The number of Topliss-reactive ketones (excluding diaryl/α,β-unsaturated/α-hetero) is 1. The van der Waals surface area contributed by atoms with Crippen LogP contribution in [0, 0.1) is 17.6 Å². The van der Waals surface area contributed by atoms with Gasteiger partial charge in [-0.15, -0.1) is 0 Å². The van der Waals surface area contributed by atoms with Crippen molar-refractivity contribution in [2.45, 2.75) is 19.3 Å². The first-order valence-corrected chi connectivity index (χ1v) is 12.3. The van der Waals surface area contributed by atoms with Gasteiger partial charge in [0.2, 0.25) is 0 Å². The molecular formula is C31H28F2N2O3. The van der Waals surface area contributed by atoms with E-state index in [0.717, 1.165) is 36.1 Å². The van der Waals surface area contributed by atoms with Gasteiger partial charge in [-0.25, -0.2) is 13.6 Å². The minimum atomic E-state index is -0.864. The van der Waals surface area contributed by atoms with Crippen molar-refractivity contribution in [3.8, 4) is 11.1 Å². The van der Waals surface area contributed by atoms with Gasteiger partial charge in [0.15, 0.2) is 5.78 Å². The molecule has 4 aromatic carbocycles. The van der Waals surface area contributed by atoms with Crippen molar-refractivity contribution < 1.29 is 23.5 Å². The van der Waals surface area contributed by atoms with Gasteiger partial charge in [0.05, 0.1) is 5.69 Å². The molecule has 2 amide bonds. The second-order valence-electron chi connectivity index (χ2n) is 9.06. The molecule has 1 unspecified atom stereocenters. The number of hydrogen-bond acceptors (Lipinski definition) is 3. The number of carbonyl (C=O) groups excluding carboxylic acids is 2. The van der Waals surface area contributed by atoms with Gasteiger partial charge in [0.25, 0.3) is 0 Å². The van der Waals surface area contributed by atoms with E-state index in [1.165, 1.54) is 5.56 Å². The minimum Gasteiger partial charge on any atom is -0.396 e. The molecule has 194 valence electrons. The van der Waals surface area contributed by atoms with Crippen LogP contribution in [-0.4, -0.2) is 23.5 Å². The highest BCUT2D eigenvalue weighted by Crippen LogP contribution is 2.24. The van der Waals surface area contributed by atoms with Crippen LogP contribution in [0.2, 0.25) is 0 Å². The number of benzene rings is 4. The van der Waals surface area contributed by atoms with Crippen LogP contribution >= 0.6 is 0 Å². The number of anilines is 2. The van der Waals surface area contributed by atoms with Crippen LogP contribution in [0.25, 0.3) is 11.1 Å². The minimum absolute atomic E-state index is 0.00758. The molecule has 0 heterocycles. The van der Waals surface area contributed by atoms with Gasteiger partial charge in [0.1, 0.15) is 11.6 Å². The smallest absolute Gasteiger partial charge is 0.323 e. The fourth-order valence-electron chi connectivity index (χ4n) is 4.12. The molecular weight excluding hydrogens is 486 g/mol. The van der Waals surface area contributed by atoms with Crippen LogP contribution in [0.4, 0.5) is 25.0 Å². The Kier molecular flexibility index (Phi) is 8.95. The Morgan fingerprint density at radius 1 is 0.789 bits per heavy atom. The third-order valence-electron chi connectivity index (χ3n) is 6.28. The van der Waals surface area contributed by atoms with Crippen molar-refractivity contribution in [2.24, 2.45) is 5.92 Å². The lowest BCUT2D eigenvalue weighted by molar-refractivity contribution is 0.0931. The first-order chi connectivity index (χ1) is 18.4. The van der Waals surface area contributed by atoms with Gasteiger partial charge >= 0.3 is 6.03 Å². The molecule has 38 heavy (non-hydrogen) atoms. The van der Waals surface area contributed by atoms with Crippen molar-refractivity contribution in [1.29, 1.82) is 0 Å². The second kappa shape index (κ2) is 12.7. The lowest BCUT2D eigenvalue weighted by Crippen LogP contribution is -2.20. The number of aliphatic hydroxyl groups excluding tert-OH is 1. The maximum Gasteiger partial charge on any atom is 0.323 e. The third-order valence-corrected chi connectivity index (χ3v) is 6.28. The maximum absolute atomic E-state index is 13.7. The molecule has 0 aliphatic rings. The molecule has 3 N–H and O–H groups in total. The average molecular weight is 515 g/mol. The Balaban J connectivity index is 1.31. The van der Waals surface area contributed by atoms with E-state index in [0.29, 0.717) is 17.3 Å². The number of hydrogen-bond donors (Lipinski definition) is 3. The van der Waals surface area contributed by atoms with E-state index in [9.17, 15) is 23.5 Å². The first-order valence-electron chi connectivity index (χ1n) is 12.3. The number of nitrogens with one attached hydrogen (secondary N) is 2. The summed E-state index contributed by atoms with van der Waals surface area (Å²) in [6, 6.07) is 26.6. The Labute approximate surface area is 220 Å². The van der Waals surface area contributed by atoms with Gasteiger partial charge < -0.3 is 15.7 Å². The van der Waals surface area contributed by atoms with Crippen molar-refractivity contribution >= 4 is 23.2 Å². The average Bonchev–Trinajstić information content (AvgIpc) is 2.93. The zero-order valence-electron chi connectivity index (χ0n) is 20.7. The molecule has 4 aromatic rings. The molecule has 0 spiro atoms. The summed E-state index contributed by atoms with van der Waals surface area (Å²) in [6.07, 6.45) is 1.84. The highest BCUT2D eigenvalue weighted by Gasteiger charge is 2.15. The lowest BCUT2D eigenvalue weighted by atomic mass is 9.92. The predicted molar refractivity (Wildman–Crippen MR) is 145 cm³/mol. The standard InChI is InChI=1S/C31H28F2N2O3/c32-26-14-17-29(28(33)19-26)35-31(38)34-27-15-12-24(13-16-27)23-8-10-25(11-9-23)30(37)18-22(20-36)7-6-21-4-2-1-3-5-21/h1-5,8-17,19,22,36H,6-7,18,20H2,(H2,34,35,38). The number of halogens is 2. The van der Waals surface area contributed by atoms with E-state index < -0.39 is 17.7 Å². The molecule has 0 aliphatic heterocycles. The summed E-state index contributed by atoms with van der Waals surface area (Å²) < 4.78 is 26.8. The lowest BCUT2D eigenvalue weighted by Gasteiger charge is -2.14. The molecule has 0 aromatic heterocycles. The van der Waals surface area contributed by atoms with Crippen LogP contribution in [0.15, 0.2) is 97.1 Å². The summed E-state index contributed by atoms with van der Waals surface area (Å²) in [5.41, 5.74) is 3.92. The fourth-order valence-corrected chi connectivity index (χ4v) is 4.12. The van der Waals surface area contributed by atoms with Crippen molar-refractivity contribution in [2.75, 3.05) is 17.2 Å². The number of ketones is 1. The molecule has 5 nitrogen and oxygen atoms in total. The Morgan fingerprint density at radius 2 is 1.45 bits per heavy atom. The Bertz CT molecular complexity index is 1370. The van der Waals surface area contributed by atoms with Gasteiger partial charge in [-0.1, -0.05) is 66.7 Å². The number of aryl methyl sites for hydroxylation is 1. The summed E-state index contributed by atoms with van der Waals surface area (Å²) in [7, 11) is 0. The quantitative estimate of drug-likeness (QED) is 0.198. The van der Waals surface area contributed by atoms with Crippen LogP contribution in [0.1, 0.15) is 28.8 Å². The van der Waals surface area contributed by atoms with Gasteiger partial charge in [0, 0.05) is 30.3 Å². The van der Waals surface area contributed by atoms with E-state index in [2.05, 4.69) is 10.6 Å². The maximum atomic E-state index is 13.7. The van der Waals surface area contributed by atoms with E-state index in [-0.39, 0.29) is 30.4 Å².